The SMILES string of the molecule is CCCNC(=O)CCCCn1c(=O)c2ccccc2n(Cc2cc(C=O)ccc2OC)c1=O. The van der Waals surface area contributed by atoms with E-state index in [9.17, 15) is 19.2 Å². The molecule has 0 aliphatic rings. The van der Waals surface area contributed by atoms with Crippen LogP contribution in [0.5, 0.6) is 5.75 Å². The maximum atomic E-state index is 13.4. The van der Waals surface area contributed by atoms with E-state index < -0.39 is 5.69 Å². The average molecular weight is 452 g/mol. The normalized spacial score (nSPS) is 10.8. The molecule has 1 heterocycles. The molecule has 8 heteroatoms. The molecule has 0 saturated heterocycles. The fourth-order valence-corrected chi connectivity index (χ4v) is 3.79. The van der Waals surface area contributed by atoms with Gasteiger partial charge < -0.3 is 10.1 Å². The molecule has 0 unspecified atom stereocenters. The molecule has 8 nitrogen and oxygen atoms in total. The standard InChI is InChI=1S/C25H29N3O5/c1-3-13-26-23(30)10-6-7-14-27-24(31)20-8-4-5-9-21(20)28(25(27)32)16-19-15-18(17-29)11-12-22(19)33-2/h4-5,8-9,11-12,15,17H,3,6-7,10,13-14,16H2,1-2H3,(H,26,30). The molecule has 2 aromatic carbocycles. The molecule has 0 bridgehead atoms. The van der Waals surface area contributed by atoms with Gasteiger partial charge in [0.1, 0.15) is 12.0 Å². The summed E-state index contributed by atoms with van der Waals surface area (Å²) in [6, 6.07) is 12.0. The fourth-order valence-electron chi connectivity index (χ4n) is 3.79. The summed E-state index contributed by atoms with van der Waals surface area (Å²) in [6.45, 7) is 2.99. The number of aromatic nitrogens is 2. The van der Waals surface area contributed by atoms with Crippen LogP contribution in [0.3, 0.4) is 0 Å². The Labute approximate surface area is 191 Å². The number of unbranched alkanes of at least 4 members (excludes halogenated alkanes) is 1. The van der Waals surface area contributed by atoms with E-state index in [1.807, 2.05) is 6.92 Å². The van der Waals surface area contributed by atoms with Gasteiger partial charge in [-0.3, -0.25) is 23.5 Å². The predicted octanol–water partition coefficient (Wildman–Crippen LogP) is 2.73. The molecular formula is C25H29N3O5. The first-order valence-electron chi connectivity index (χ1n) is 11.1. The number of fused-ring (bicyclic) bond motifs is 1. The van der Waals surface area contributed by atoms with Crippen molar-refractivity contribution in [2.75, 3.05) is 13.7 Å². The number of ether oxygens (including phenoxy) is 1. The number of para-hydroxylation sites is 1. The topological polar surface area (TPSA) is 99.4 Å². The van der Waals surface area contributed by atoms with E-state index >= 15 is 0 Å². The van der Waals surface area contributed by atoms with Gasteiger partial charge in [-0.05, 0) is 49.6 Å². The van der Waals surface area contributed by atoms with E-state index in [0.717, 1.165) is 12.7 Å². The molecule has 1 amide bonds. The lowest BCUT2D eigenvalue weighted by atomic mass is 10.1. The monoisotopic (exact) mass is 451 g/mol. The zero-order valence-corrected chi connectivity index (χ0v) is 19.0. The summed E-state index contributed by atoms with van der Waals surface area (Å²) in [5.41, 5.74) is 0.856. The van der Waals surface area contributed by atoms with Gasteiger partial charge in [-0.2, -0.15) is 0 Å². The summed E-state index contributed by atoms with van der Waals surface area (Å²) in [5.74, 6) is 0.523. The number of nitrogens with one attached hydrogen (secondary N) is 1. The van der Waals surface area contributed by atoms with Crippen LogP contribution >= 0.6 is 0 Å². The Balaban J connectivity index is 1.94. The third kappa shape index (κ3) is 5.58. The number of aldehydes is 1. The molecule has 0 saturated carbocycles. The summed E-state index contributed by atoms with van der Waals surface area (Å²) in [7, 11) is 1.53. The predicted molar refractivity (Wildman–Crippen MR) is 127 cm³/mol. The van der Waals surface area contributed by atoms with E-state index in [1.165, 1.54) is 16.2 Å². The van der Waals surface area contributed by atoms with Gasteiger partial charge >= 0.3 is 5.69 Å². The van der Waals surface area contributed by atoms with Crippen molar-refractivity contribution in [2.45, 2.75) is 45.7 Å². The highest BCUT2D eigenvalue weighted by Gasteiger charge is 2.15. The summed E-state index contributed by atoms with van der Waals surface area (Å²) < 4.78 is 8.16. The molecule has 3 rings (SSSR count). The molecule has 0 spiro atoms. The molecule has 1 aromatic heterocycles. The van der Waals surface area contributed by atoms with E-state index in [4.69, 9.17) is 4.74 Å². The zero-order valence-electron chi connectivity index (χ0n) is 19.0. The smallest absolute Gasteiger partial charge is 0.331 e. The third-order valence-corrected chi connectivity index (χ3v) is 5.51. The van der Waals surface area contributed by atoms with Gasteiger partial charge in [-0.15, -0.1) is 0 Å². The Kier molecular flexibility index (Phi) is 8.18. The number of hydrogen-bond acceptors (Lipinski definition) is 5. The highest BCUT2D eigenvalue weighted by Crippen LogP contribution is 2.21. The maximum Gasteiger partial charge on any atom is 0.331 e. The van der Waals surface area contributed by atoms with Crippen LogP contribution in [0.1, 0.15) is 48.5 Å². The second-order valence-corrected chi connectivity index (χ2v) is 7.84. The van der Waals surface area contributed by atoms with Crippen molar-refractivity contribution in [3.63, 3.8) is 0 Å². The minimum Gasteiger partial charge on any atom is -0.496 e. The second-order valence-electron chi connectivity index (χ2n) is 7.84. The number of methoxy groups -OCH3 is 1. The Morgan fingerprint density at radius 3 is 2.61 bits per heavy atom. The summed E-state index contributed by atoms with van der Waals surface area (Å²) in [5, 5.41) is 3.26. The summed E-state index contributed by atoms with van der Waals surface area (Å²) >= 11 is 0. The molecule has 0 fully saturated rings. The first-order valence-corrected chi connectivity index (χ1v) is 11.1. The molecule has 0 aliphatic carbocycles. The summed E-state index contributed by atoms with van der Waals surface area (Å²) in [4.78, 5) is 49.5. The number of hydrogen-bond donors (Lipinski definition) is 1. The molecule has 33 heavy (non-hydrogen) atoms. The van der Waals surface area contributed by atoms with Crippen molar-refractivity contribution in [1.29, 1.82) is 0 Å². The first kappa shape index (κ1) is 24.0. The van der Waals surface area contributed by atoms with Gasteiger partial charge in [0.25, 0.3) is 5.56 Å². The number of rotatable bonds is 11. The second kappa shape index (κ2) is 11.3. The van der Waals surface area contributed by atoms with Crippen molar-refractivity contribution in [1.82, 2.24) is 14.5 Å². The first-order chi connectivity index (χ1) is 16.0. The highest BCUT2D eigenvalue weighted by molar-refractivity contribution is 5.78. The lowest BCUT2D eigenvalue weighted by Crippen LogP contribution is -2.40. The molecular weight excluding hydrogens is 422 g/mol. The Morgan fingerprint density at radius 2 is 1.88 bits per heavy atom. The van der Waals surface area contributed by atoms with Crippen LogP contribution in [0.2, 0.25) is 0 Å². The Morgan fingerprint density at radius 1 is 1.09 bits per heavy atom. The zero-order chi connectivity index (χ0) is 23.8. The number of benzene rings is 2. The van der Waals surface area contributed by atoms with Crippen molar-refractivity contribution in [2.24, 2.45) is 0 Å². The Hall–Kier alpha value is -3.68. The van der Waals surface area contributed by atoms with E-state index in [0.29, 0.717) is 53.6 Å². The van der Waals surface area contributed by atoms with Crippen molar-refractivity contribution >= 4 is 23.1 Å². The number of nitrogens with zero attached hydrogens (tertiary/aromatic N) is 2. The van der Waals surface area contributed by atoms with Gasteiger partial charge in [-0.25, -0.2) is 4.79 Å². The van der Waals surface area contributed by atoms with Crippen LogP contribution in [0.15, 0.2) is 52.1 Å². The largest absolute Gasteiger partial charge is 0.496 e. The fraction of sp³-hybridized carbons (Fsp3) is 0.360. The van der Waals surface area contributed by atoms with Crippen molar-refractivity contribution in [3.05, 3.63) is 74.4 Å². The minimum atomic E-state index is -0.437. The summed E-state index contributed by atoms with van der Waals surface area (Å²) in [6.07, 6.45) is 3.06. The van der Waals surface area contributed by atoms with Crippen LogP contribution < -0.4 is 21.3 Å². The third-order valence-electron chi connectivity index (χ3n) is 5.51. The van der Waals surface area contributed by atoms with E-state index in [-0.39, 0.29) is 24.6 Å². The average Bonchev–Trinajstić information content (AvgIpc) is 2.84. The quantitative estimate of drug-likeness (QED) is 0.357. The minimum absolute atomic E-state index is 0.0257. The molecule has 0 radical (unpaired) electrons. The lowest BCUT2D eigenvalue weighted by molar-refractivity contribution is -0.121. The van der Waals surface area contributed by atoms with Gasteiger partial charge in [0.2, 0.25) is 5.91 Å². The maximum absolute atomic E-state index is 13.4. The van der Waals surface area contributed by atoms with Gasteiger partial charge in [0.15, 0.2) is 0 Å². The van der Waals surface area contributed by atoms with Crippen LogP contribution in [0.25, 0.3) is 10.9 Å². The number of carbonyl (C=O) groups excluding carboxylic acids is 2. The molecule has 3 aromatic rings. The van der Waals surface area contributed by atoms with Crippen LogP contribution in [-0.2, 0) is 17.9 Å². The molecule has 174 valence electrons. The molecule has 0 atom stereocenters. The van der Waals surface area contributed by atoms with Gasteiger partial charge in [0, 0.05) is 30.6 Å². The van der Waals surface area contributed by atoms with Crippen molar-refractivity contribution < 1.29 is 14.3 Å². The van der Waals surface area contributed by atoms with E-state index in [2.05, 4.69) is 5.32 Å². The van der Waals surface area contributed by atoms with Gasteiger partial charge in [-0.1, -0.05) is 19.1 Å². The van der Waals surface area contributed by atoms with E-state index in [1.54, 1.807) is 42.5 Å². The number of carbonyl (C=O) groups is 2. The van der Waals surface area contributed by atoms with Crippen LogP contribution in [-0.4, -0.2) is 35.0 Å². The highest BCUT2D eigenvalue weighted by atomic mass is 16.5. The molecule has 1 N–H and O–H groups in total. The van der Waals surface area contributed by atoms with Crippen LogP contribution in [0, 0.1) is 0 Å². The number of amides is 1. The van der Waals surface area contributed by atoms with Crippen LogP contribution in [0.4, 0.5) is 0 Å². The lowest BCUT2D eigenvalue weighted by Gasteiger charge is -2.16. The van der Waals surface area contributed by atoms with Crippen molar-refractivity contribution in [3.8, 4) is 5.75 Å². The molecule has 0 aliphatic heterocycles. The van der Waals surface area contributed by atoms with Gasteiger partial charge in [0.05, 0.1) is 24.6 Å². The Bertz CT molecular complexity index is 1260.